The molecule has 11 nitrogen and oxygen atoms in total. The largest absolute Gasteiger partial charge is 0.468 e. The number of esters is 1. The molecule has 2 aromatic carbocycles. The molecule has 0 aromatic heterocycles. The number of ether oxygens (including phenoxy) is 3. The lowest BCUT2D eigenvalue weighted by Gasteiger charge is -2.28. The lowest BCUT2D eigenvalue weighted by molar-refractivity contribution is -0.143. The number of carbonyl (C=O) groups excluding carboxylic acids is 3. The van der Waals surface area contributed by atoms with Crippen LogP contribution < -0.4 is 26.6 Å². The van der Waals surface area contributed by atoms with Gasteiger partial charge in [-0.05, 0) is 44.4 Å². The van der Waals surface area contributed by atoms with Gasteiger partial charge in [-0.15, -0.1) is 0 Å². The van der Waals surface area contributed by atoms with Crippen LogP contribution in [0.5, 0.6) is 0 Å². The Balaban J connectivity index is 1.31. The van der Waals surface area contributed by atoms with E-state index in [9.17, 15) is 14.4 Å². The summed E-state index contributed by atoms with van der Waals surface area (Å²) in [6.07, 6.45) is 4.14. The number of benzene rings is 2. The Morgan fingerprint density at radius 2 is 1.67 bits per heavy atom. The molecule has 0 bridgehead atoms. The Labute approximate surface area is 254 Å². The van der Waals surface area contributed by atoms with Crippen molar-refractivity contribution < 1.29 is 28.6 Å². The zero-order chi connectivity index (χ0) is 30.9. The Morgan fingerprint density at radius 1 is 0.953 bits per heavy atom. The molecule has 1 aliphatic rings. The van der Waals surface area contributed by atoms with Gasteiger partial charge in [-0.25, -0.2) is 0 Å². The number of anilines is 1. The van der Waals surface area contributed by atoms with Gasteiger partial charge in [-0.3, -0.25) is 14.4 Å². The number of hydrogen-bond acceptors (Lipinski definition) is 9. The van der Waals surface area contributed by atoms with Gasteiger partial charge in [0.2, 0.25) is 12.3 Å². The van der Waals surface area contributed by atoms with Crippen LogP contribution in [0.2, 0.25) is 0 Å². The first-order chi connectivity index (χ1) is 21.0. The number of para-hydroxylation sites is 1. The molecule has 43 heavy (non-hydrogen) atoms. The van der Waals surface area contributed by atoms with Crippen molar-refractivity contribution in [3.8, 4) is 0 Å². The third kappa shape index (κ3) is 10.4. The summed E-state index contributed by atoms with van der Waals surface area (Å²) in [5.74, 6) is -0.333. The molecular formula is C32H45N5O6. The molecule has 1 atom stereocenters. The van der Waals surface area contributed by atoms with E-state index in [1.807, 2.05) is 48.5 Å². The Hall–Kier alpha value is -3.93. The fraction of sp³-hybridized carbons (Fsp3) is 0.469. The monoisotopic (exact) mass is 595 g/mol. The SMILES string of the molecule is CNC(CCCCNC(=O)CCOCCOCCCN/C1=C(\N)c2ccccc2N(C=O)Cc2ccccc21)C(=O)OC. The Morgan fingerprint density at radius 3 is 2.42 bits per heavy atom. The average molecular weight is 596 g/mol. The molecule has 2 amide bonds. The zero-order valence-electron chi connectivity index (χ0n) is 25.2. The van der Waals surface area contributed by atoms with Crippen molar-refractivity contribution in [3.63, 3.8) is 0 Å². The van der Waals surface area contributed by atoms with Gasteiger partial charge >= 0.3 is 5.97 Å². The number of rotatable bonds is 19. The first-order valence-electron chi connectivity index (χ1n) is 14.8. The molecule has 0 spiro atoms. The Kier molecular flexibility index (Phi) is 14.5. The highest BCUT2D eigenvalue weighted by Gasteiger charge is 2.22. The van der Waals surface area contributed by atoms with Gasteiger partial charge in [0, 0.05) is 37.2 Å². The third-order valence-corrected chi connectivity index (χ3v) is 7.22. The highest BCUT2D eigenvalue weighted by molar-refractivity contribution is 5.96. The Bertz CT molecular complexity index is 1220. The van der Waals surface area contributed by atoms with Gasteiger partial charge in [0.05, 0.1) is 50.6 Å². The maximum atomic E-state index is 12.0. The second kappa shape index (κ2) is 18.6. The number of hydrogen-bond donors (Lipinski definition) is 4. The number of unbranched alkanes of at least 4 members (excludes halogenated alkanes) is 1. The van der Waals surface area contributed by atoms with Crippen molar-refractivity contribution in [3.05, 3.63) is 65.2 Å². The van der Waals surface area contributed by atoms with E-state index in [4.69, 9.17) is 19.9 Å². The van der Waals surface area contributed by atoms with Gasteiger partial charge in [-0.1, -0.05) is 42.5 Å². The number of nitrogens with zero attached hydrogens (tertiary/aromatic N) is 1. The molecule has 1 heterocycles. The summed E-state index contributed by atoms with van der Waals surface area (Å²) in [7, 11) is 3.10. The van der Waals surface area contributed by atoms with E-state index in [1.165, 1.54) is 7.11 Å². The molecule has 11 heteroatoms. The summed E-state index contributed by atoms with van der Waals surface area (Å²) in [4.78, 5) is 37.1. The van der Waals surface area contributed by atoms with Crippen LogP contribution in [0, 0.1) is 0 Å². The minimum atomic E-state index is -0.317. The van der Waals surface area contributed by atoms with Crippen molar-refractivity contribution in [2.45, 2.75) is 44.7 Å². The lowest BCUT2D eigenvalue weighted by Crippen LogP contribution is -2.35. The van der Waals surface area contributed by atoms with E-state index >= 15 is 0 Å². The summed E-state index contributed by atoms with van der Waals surface area (Å²) in [5.41, 5.74) is 11.7. The van der Waals surface area contributed by atoms with E-state index in [-0.39, 0.29) is 24.3 Å². The van der Waals surface area contributed by atoms with Crippen LogP contribution in [0.25, 0.3) is 11.4 Å². The van der Waals surface area contributed by atoms with Crippen LogP contribution in [-0.2, 0) is 35.1 Å². The summed E-state index contributed by atoms with van der Waals surface area (Å²) in [5, 5.41) is 9.31. The summed E-state index contributed by atoms with van der Waals surface area (Å²) in [6, 6.07) is 15.3. The van der Waals surface area contributed by atoms with Gasteiger partial charge in [0.25, 0.3) is 0 Å². The molecule has 0 saturated carbocycles. The van der Waals surface area contributed by atoms with E-state index in [0.717, 1.165) is 53.7 Å². The van der Waals surface area contributed by atoms with Crippen molar-refractivity contribution in [2.75, 3.05) is 58.6 Å². The molecule has 0 aliphatic carbocycles. The fourth-order valence-electron chi connectivity index (χ4n) is 4.87. The molecule has 5 N–H and O–H groups in total. The zero-order valence-corrected chi connectivity index (χ0v) is 25.2. The number of nitrogens with two attached hydrogens (primary N) is 1. The molecule has 1 unspecified atom stereocenters. The standard InChI is InChI=1S/C32H45N5O6/c1-34-27(32(40)41-2)13-7-8-16-35-29(39)15-19-43-21-20-42-18-9-17-36-31-25-11-4-3-10-24(25)22-37(23-38)28-14-6-5-12-26(28)30(31)33/h3-6,10-12,14,23,27,34,36H,7-9,13,15-22,33H2,1-2H3,(H,35,39)/b31-30-. The van der Waals surface area contributed by atoms with Gasteiger partial charge in [-0.2, -0.15) is 0 Å². The fourth-order valence-corrected chi connectivity index (χ4v) is 4.87. The second-order valence-electron chi connectivity index (χ2n) is 10.2. The number of methoxy groups -OCH3 is 1. The summed E-state index contributed by atoms with van der Waals surface area (Å²) >= 11 is 0. The van der Waals surface area contributed by atoms with Crippen molar-refractivity contribution in [1.29, 1.82) is 0 Å². The highest BCUT2D eigenvalue weighted by atomic mass is 16.5. The maximum Gasteiger partial charge on any atom is 0.322 e. The van der Waals surface area contributed by atoms with E-state index in [0.29, 0.717) is 58.2 Å². The first kappa shape index (κ1) is 33.6. The first-order valence-corrected chi connectivity index (χ1v) is 14.8. The van der Waals surface area contributed by atoms with Crippen molar-refractivity contribution in [2.24, 2.45) is 5.73 Å². The van der Waals surface area contributed by atoms with Gasteiger partial charge in [0.15, 0.2) is 0 Å². The second-order valence-corrected chi connectivity index (χ2v) is 10.2. The van der Waals surface area contributed by atoms with Crippen molar-refractivity contribution in [1.82, 2.24) is 16.0 Å². The predicted octanol–water partition coefficient (Wildman–Crippen LogP) is 2.40. The molecule has 0 saturated heterocycles. The molecular weight excluding hydrogens is 550 g/mol. The summed E-state index contributed by atoms with van der Waals surface area (Å²) < 4.78 is 16.0. The quantitative estimate of drug-likeness (QED) is 0.109. The predicted molar refractivity (Wildman–Crippen MR) is 167 cm³/mol. The van der Waals surface area contributed by atoms with Gasteiger partial charge < -0.3 is 40.8 Å². The molecule has 2 aromatic rings. The lowest BCUT2D eigenvalue weighted by atomic mass is 9.96. The molecule has 3 rings (SSSR count). The van der Waals surface area contributed by atoms with E-state index in [2.05, 4.69) is 16.0 Å². The minimum absolute atomic E-state index is 0.0593. The molecule has 0 fully saturated rings. The summed E-state index contributed by atoms with van der Waals surface area (Å²) in [6.45, 7) is 3.40. The third-order valence-electron chi connectivity index (χ3n) is 7.22. The molecule has 234 valence electrons. The smallest absolute Gasteiger partial charge is 0.322 e. The van der Waals surface area contributed by atoms with Crippen molar-refractivity contribution >= 4 is 35.4 Å². The topological polar surface area (TPSA) is 144 Å². The van der Waals surface area contributed by atoms with Crippen LogP contribution in [-0.4, -0.2) is 78.0 Å². The number of likely N-dealkylation sites (N-methyl/N-ethyl adjacent to an activating group) is 1. The highest BCUT2D eigenvalue weighted by Crippen LogP contribution is 2.33. The van der Waals surface area contributed by atoms with Crippen LogP contribution in [0.4, 0.5) is 5.69 Å². The normalized spacial score (nSPS) is 15.0. The molecule has 0 radical (unpaired) electrons. The van der Waals surface area contributed by atoms with E-state index < -0.39 is 0 Å². The average Bonchev–Trinajstić information content (AvgIpc) is 3.03. The minimum Gasteiger partial charge on any atom is -0.468 e. The van der Waals surface area contributed by atoms with E-state index in [1.54, 1.807) is 11.9 Å². The van der Waals surface area contributed by atoms with Crippen LogP contribution in [0.1, 0.15) is 48.8 Å². The number of carbonyl (C=O) groups is 3. The van der Waals surface area contributed by atoms with Gasteiger partial charge in [0.1, 0.15) is 6.04 Å². The number of fused-ring (bicyclic) bond motifs is 2. The van der Waals surface area contributed by atoms with Crippen LogP contribution in [0.15, 0.2) is 48.5 Å². The maximum absolute atomic E-state index is 12.0. The molecule has 1 aliphatic heterocycles. The van der Waals surface area contributed by atoms with Crippen LogP contribution in [0.3, 0.4) is 0 Å². The van der Waals surface area contributed by atoms with Crippen LogP contribution >= 0.6 is 0 Å². The number of nitrogens with one attached hydrogen (secondary N) is 3. The number of amides is 2.